The maximum Gasteiger partial charge on any atom is 0.0458 e. The predicted molar refractivity (Wildman–Crippen MR) is 89.8 cm³/mol. The third-order valence-corrected chi connectivity index (χ3v) is 4.02. The summed E-state index contributed by atoms with van der Waals surface area (Å²) in [6.07, 6.45) is 5.55. The van der Waals surface area contributed by atoms with E-state index in [4.69, 9.17) is 12.2 Å². The van der Waals surface area contributed by atoms with Crippen molar-refractivity contribution in [3.05, 3.63) is 48.0 Å². The molecule has 0 spiro atoms. The number of terminal acetylenes is 1. The van der Waals surface area contributed by atoms with Gasteiger partial charge < -0.3 is 5.73 Å². The minimum atomic E-state index is 0.145. The Hall–Kier alpha value is -1.85. The van der Waals surface area contributed by atoms with Crippen LogP contribution in [-0.4, -0.2) is 4.75 Å². The SMILES string of the molecule is C#Cc1ccccc1-c1ccc(SC(C)(C)C)c(N)c1. The molecule has 102 valence electrons. The molecule has 1 nitrogen and oxygen atoms in total. The fourth-order valence-corrected chi connectivity index (χ4v) is 2.97. The van der Waals surface area contributed by atoms with Gasteiger partial charge in [-0.25, -0.2) is 0 Å². The van der Waals surface area contributed by atoms with Gasteiger partial charge in [0.15, 0.2) is 0 Å². The highest BCUT2D eigenvalue weighted by Gasteiger charge is 2.14. The number of anilines is 1. The van der Waals surface area contributed by atoms with Crippen LogP contribution in [0.25, 0.3) is 11.1 Å². The molecule has 2 heteroatoms. The molecule has 0 fully saturated rings. The monoisotopic (exact) mass is 281 g/mol. The van der Waals surface area contributed by atoms with Crippen molar-refractivity contribution in [2.24, 2.45) is 0 Å². The lowest BCUT2D eigenvalue weighted by Gasteiger charge is -2.19. The van der Waals surface area contributed by atoms with Gasteiger partial charge in [0, 0.05) is 20.9 Å². The van der Waals surface area contributed by atoms with Gasteiger partial charge in [-0.2, -0.15) is 0 Å². The van der Waals surface area contributed by atoms with E-state index >= 15 is 0 Å². The second-order valence-electron chi connectivity index (χ2n) is 5.66. The van der Waals surface area contributed by atoms with Gasteiger partial charge in [-0.1, -0.05) is 51.0 Å². The van der Waals surface area contributed by atoms with E-state index in [9.17, 15) is 0 Å². The molecule has 0 atom stereocenters. The third kappa shape index (κ3) is 3.37. The molecule has 0 unspecified atom stereocenters. The van der Waals surface area contributed by atoms with Crippen LogP contribution in [-0.2, 0) is 0 Å². The zero-order valence-corrected chi connectivity index (χ0v) is 12.9. The Labute approximate surface area is 125 Å². The van der Waals surface area contributed by atoms with Crippen LogP contribution in [0.1, 0.15) is 26.3 Å². The summed E-state index contributed by atoms with van der Waals surface area (Å²) in [6.45, 7) is 6.54. The summed E-state index contributed by atoms with van der Waals surface area (Å²) in [5, 5.41) is 0. The van der Waals surface area contributed by atoms with E-state index in [0.29, 0.717) is 0 Å². The molecule has 0 heterocycles. The van der Waals surface area contributed by atoms with Gasteiger partial charge in [0.1, 0.15) is 0 Å². The lowest BCUT2D eigenvalue weighted by Crippen LogP contribution is -2.07. The van der Waals surface area contributed by atoms with Crippen LogP contribution in [0.4, 0.5) is 5.69 Å². The van der Waals surface area contributed by atoms with Crippen molar-refractivity contribution in [1.82, 2.24) is 0 Å². The van der Waals surface area contributed by atoms with E-state index in [0.717, 1.165) is 27.3 Å². The summed E-state index contributed by atoms with van der Waals surface area (Å²) in [5.41, 5.74) is 9.99. The van der Waals surface area contributed by atoms with Crippen LogP contribution in [0, 0.1) is 12.3 Å². The molecule has 2 aromatic rings. The molecule has 0 saturated heterocycles. The molecular weight excluding hydrogens is 262 g/mol. The molecule has 0 aliphatic rings. The first-order valence-electron chi connectivity index (χ1n) is 6.55. The number of hydrogen-bond donors (Lipinski definition) is 1. The van der Waals surface area contributed by atoms with Gasteiger partial charge in [0.25, 0.3) is 0 Å². The smallest absolute Gasteiger partial charge is 0.0458 e. The second-order valence-corrected chi connectivity index (χ2v) is 7.53. The van der Waals surface area contributed by atoms with E-state index in [1.807, 2.05) is 30.3 Å². The minimum absolute atomic E-state index is 0.145. The van der Waals surface area contributed by atoms with Gasteiger partial charge in [-0.05, 0) is 29.3 Å². The predicted octanol–water partition coefficient (Wildman–Crippen LogP) is 4.81. The Bertz CT molecular complexity index is 660. The van der Waals surface area contributed by atoms with Crippen molar-refractivity contribution < 1.29 is 0 Å². The molecule has 0 amide bonds. The first-order valence-corrected chi connectivity index (χ1v) is 7.37. The van der Waals surface area contributed by atoms with Crippen molar-refractivity contribution in [2.45, 2.75) is 30.4 Å². The molecule has 0 aromatic heterocycles. The highest BCUT2D eigenvalue weighted by atomic mass is 32.2. The van der Waals surface area contributed by atoms with E-state index < -0.39 is 0 Å². The van der Waals surface area contributed by atoms with Crippen molar-refractivity contribution in [1.29, 1.82) is 0 Å². The van der Waals surface area contributed by atoms with Gasteiger partial charge in [-0.3, -0.25) is 0 Å². The molecule has 2 rings (SSSR count). The van der Waals surface area contributed by atoms with Gasteiger partial charge >= 0.3 is 0 Å². The summed E-state index contributed by atoms with van der Waals surface area (Å²) in [4.78, 5) is 1.11. The molecule has 0 aliphatic carbocycles. The van der Waals surface area contributed by atoms with Gasteiger partial charge in [-0.15, -0.1) is 18.2 Å². The third-order valence-electron chi connectivity index (χ3n) is 2.82. The molecule has 0 aliphatic heterocycles. The summed E-state index contributed by atoms with van der Waals surface area (Å²) < 4.78 is 0.145. The highest BCUT2D eigenvalue weighted by molar-refractivity contribution is 8.00. The summed E-state index contributed by atoms with van der Waals surface area (Å²) in [6, 6.07) is 14.1. The normalized spacial score (nSPS) is 11.1. The minimum Gasteiger partial charge on any atom is -0.398 e. The lowest BCUT2D eigenvalue weighted by molar-refractivity contribution is 0.803. The average molecular weight is 281 g/mol. The first-order chi connectivity index (χ1) is 9.40. The molecular formula is C18H19NS. The lowest BCUT2D eigenvalue weighted by atomic mass is 10.00. The zero-order chi connectivity index (χ0) is 14.8. The Morgan fingerprint density at radius 2 is 1.80 bits per heavy atom. The number of thioether (sulfide) groups is 1. The van der Waals surface area contributed by atoms with Crippen LogP contribution in [0.5, 0.6) is 0 Å². The first kappa shape index (κ1) is 14.6. The van der Waals surface area contributed by atoms with E-state index in [1.54, 1.807) is 11.8 Å². The topological polar surface area (TPSA) is 26.0 Å². The Morgan fingerprint density at radius 1 is 1.10 bits per heavy atom. The summed E-state index contributed by atoms with van der Waals surface area (Å²) in [5.74, 6) is 2.72. The van der Waals surface area contributed by atoms with E-state index in [-0.39, 0.29) is 4.75 Å². The average Bonchev–Trinajstić information content (AvgIpc) is 2.39. The molecule has 2 N–H and O–H groups in total. The van der Waals surface area contributed by atoms with Crippen LogP contribution in [0.3, 0.4) is 0 Å². The number of benzene rings is 2. The quantitative estimate of drug-likeness (QED) is 0.486. The molecule has 0 radical (unpaired) electrons. The summed E-state index contributed by atoms with van der Waals surface area (Å²) >= 11 is 1.78. The van der Waals surface area contributed by atoms with Crippen LogP contribution in [0.2, 0.25) is 0 Å². The zero-order valence-electron chi connectivity index (χ0n) is 12.1. The molecule has 0 saturated carbocycles. The summed E-state index contributed by atoms with van der Waals surface area (Å²) in [7, 11) is 0. The fourth-order valence-electron chi connectivity index (χ4n) is 2.00. The fraction of sp³-hybridized carbons (Fsp3) is 0.222. The van der Waals surface area contributed by atoms with Crippen LogP contribution < -0.4 is 5.73 Å². The van der Waals surface area contributed by atoms with Crippen LogP contribution >= 0.6 is 11.8 Å². The van der Waals surface area contributed by atoms with E-state index in [2.05, 4.69) is 38.8 Å². The van der Waals surface area contributed by atoms with Crippen LogP contribution in [0.15, 0.2) is 47.4 Å². The molecule has 0 bridgehead atoms. The highest BCUT2D eigenvalue weighted by Crippen LogP contribution is 2.37. The maximum absolute atomic E-state index is 6.18. The molecule has 2 aromatic carbocycles. The Balaban J connectivity index is 2.42. The van der Waals surface area contributed by atoms with Crippen molar-refractivity contribution in [3.8, 4) is 23.5 Å². The van der Waals surface area contributed by atoms with Crippen molar-refractivity contribution in [2.75, 3.05) is 5.73 Å². The Morgan fingerprint density at radius 3 is 2.40 bits per heavy atom. The van der Waals surface area contributed by atoms with Crippen molar-refractivity contribution in [3.63, 3.8) is 0 Å². The Kier molecular flexibility index (Phi) is 4.11. The number of rotatable bonds is 2. The standard InChI is InChI=1S/C18H19NS/c1-5-13-8-6-7-9-15(13)14-10-11-17(16(19)12-14)20-18(2,3)4/h1,6-12H,19H2,2-4H3. The van der Waals surface area contributed by atoms with E-state index in [1.165, 1.54) is 0 Å². The maximum atomic E-state index is 6.18. The largest absolute Gasteiger partial charge is 0.398 e. The molecule has 20 heavy (non-hydrogen) atoms. The van der Waals surface area contributed by atoms with Gasteiger partial charge in [0.05, 0.1) is 0 Å². The van der Waals surface area contributed by atoms with Gasteiger partial charge in [0.2, 0.25) is 0 Å². The number of hydrogen-bond acceptors (Lipinski definition) is 2. The second kappa shape index (κ2) is 5.64. The number of nitrogen functional groups attached to an aromatic ring is 1. The van der Waals surface area contributed by atoms with Crippen molar-refractivity contribution >= 4 is 17.4 Å². The number of nitrogens with two attached hydrogens (primary N) is 1.